The molecule has 0 aromatic carbocycles. The molecule has 1 aromatic heterocycles. The standard InChI is InChI=1S/C10H14BrN3/c1-2-14-6-10(7-14)13-9-3-8(11)4-12-5-9/h3-5,10,13H,2,6-7H2,1H3. The van der Waals surface area contributed by atoms with E-state index in [9.17, 15) is 0 Å². The van der Waals surface area contributed by atoms with Crippen molar-refractivity contribution < 1.29 is 0 Å². The van der Waals surface area contributed by atoms with Crippen molar-refractivity contribution in [3.05, 3.63) is 22.9 Å². The molecule has 0 unspecified atom stereocenters. The van der Waals surface area contributed by atoms with E-state index in [-0.39, 0.29) is 0 Å². The highest BCUT2D eigenvalue weighted by Gasteiger charge is 2.24. The summed E-state index contributed by atoms with van der Waals surface area (Å²) >= 11 is 3.40. The highest BCUT2D eigenvalue weighted by molar-refractivity contribution is 9.10. The van der Waals surface area contributed by atoms with Gasteiger partial charge in [-0.3, -0.25) is 9.88 Å². The Hall–Kier alpha value is -0.610. The molecule has 1 aromatic rings. The SMILES string of the molecule is CCN1CC(Nc2cncc(Br)c2)C1. The van der Waals surface area contributed by atoms with Gasteiger partial charge in [0.05, 0.1) is 17.9 Å². The van der Waals surface area contributed by atoms with Crippen LogP contribution in [0.15, 0.2) is 22.9 Å². The van der Waals surface area contributed by atoms with Gasteiger partial charge in [0.2, 0.25) is 0 Å². The van der Waals surface area contributed by atoms with Crippen LogP contribution in [0.3, 0.4) is 0 Å². The van der Waals surface area contributed by atoms with Crippen LogP contribution in [0.5, 0.6) is 0 Å². The Kier molecular flexibility index (Phi) is 3.03. The molecule has 2 rings (SSSR count). The molecule has 0 radical (unpaired) electrons. The number of likely N-dealkylation sites (tertiary alicyclic amines) is 1. The maximum absolute atomic E-state index is 4.11. The predicted molar refractivity (Wildman–Crippen MR) is 61.5 cm³/mol. The van der Waals surface area contributed by atoms with Gasteiger partial charge in [0.25, 0.3) is 0 Å². The summed E-state index contributed by atoms with van der Waals surface area (Å²) in [4.78, 5) is 6.52. The van der Waals surface area contributed by atoms with E-state index in [1.807, 2.05) is 6.20 Å². The van der Waals surface area contributed by atoms with E-state index in [4.69, 9.17) is 0 Å². The fraction of sp³-hybridized carbons (Fsp3) is 0.500. The second-order valence-corrected chi connectivity index (χ2v) is 4.50. The fourth-order valence-corrected chi connectivity index (χ4v) is 2.01. The van der Waals surface area contributed by atoms with Crippen molar-refractivity contribution >= 4 is 21.6 Å². The number of pyridine rings is 1. The Bertz CT molecular complexity index is 310. The van der Waals surface area contributed by atoms with E-state index in [1.165, 1.54) is 0 Å². The van der Waals surface area contributed by atoms with Crippen LogP contribution in [0.2, 0.25) is 0 Å². The van der Waals surface area contributed by atoms with Gasteiger partial charge in [0.1, 0.15) is 0 Å². The molecule has 1 N–H and O–H groups in total. The molecule has 14 heavy (non-hydrogen) atoms. The van der Waals surface area contributed by atoms with Gasteiger partial charge in [0, 0.05) is 23.8 Å². The van der Waals surface area contributed by atoms with Crippen molar-refractivity contribution in [2.45, 2.75) is 13.0 Å². The molecule has 0 bridgehead atoms. The fourth-order valence-electron chi connectivity index (χ4n) is 1.65. The lowest BCUT2D eigenvalue weighted by atomic mass is 10.1. The number of aromatic nitrogens is 1. The van der Waals surface area contributed by atoms with E-state index in [0.717, 1.165) is 29.8 Å². The van der Waals surface area contributed by atoms with Crippen LogP contribution in [0.4, 0.5) is 5.69 Å². The minimum Gasteiger partial charge on any atom is -0.378 e. The first-order valence-corrected chi connectivity index (χ1v) is 5.66. The van der Waals surface area contributed by atoms with Crippen LogP contribution < -0.4 is 5.32 Å². The molecule has 1 fully saturated rings. The normalized spacial score (nSPS) is 17.9. The number of anilines is 1. The van der Waals surface area contributed by atoms with Crippen LogP contribution in [0.1, 0.15) is 6.92 Å². The molecule has 3 nitrogen and oxygen atoms in total. The summed E-state index contributed by atoms with van der Waals surface area (Å²) < 4.78 is 1.02. The van der Waals surface area contributed by atoms with Crippen LogP contribution in [-0.2, 0) is 0 Å². The number of rotatable bonds is 3. The lowest BCUT2D eigenvalue weighted by Crippen LogP contribution is -2.54. The zero-order valence-electron chi connectivity index (χ0n) is 8.20. The Morgan fingerprint density at radius 1 is 1.57 bits per heavy atom. The largest absolute Gasteiger partial charge is 0.378 e. The topological polar surface area (TPSA) is 28.2 Å². The second-order valence-electron chi connectivity index (χ2n) is 3.59. The molecule has 0 aliphatic carbocycles. The smallest absolute Gasteiger partial charge is 0.0541 e. The van der Waals surface area contributed by atoms with Gasteiger partial charge in [0.15, 0.2) is 0 Å². The van der Waals surface area contributed by atoms with Crippen LogP contribution in [0, 0.1) is 0 Å². The maximum atomic E-state index is 4.11. The van der Waals surface area contributed by atoms with Gasteiger partial charge < -0.3 is 5.32 Å². The molecule has 4 heteroatoms. The number of nitrogens with zero attached hydrogens (tertiary/aromatic N) is 2. The zero-order valence-corrected chi connectivity index (χ0v) is 9.79. The molecule has 0 spiro atoms. The summed E-state index contributed by atoms with van der Waals surface area (Å²) in [6, 6.07) is 2.65. The average Bonchev–Trinajstić information content (AvgIpc) is 2.10. The summed E-state index contributed by atoms with van der Waals surface area (Å²) in [5, 5.41) is 3.45. The summed E-state index contributed by atoms with van der Waals surface area (Å²) in [5.74, 6) is 0. The van der Waals surface area contributed by atoms with E-state index < -0.39 is 0 Å². The molecular weight excluding hydrogens is 242 g/mol. The van der Waals surface area contributed by atoms with Gasteiger partial charge in [-0.05, 0) is 28.5 Å². The molecule has 1 aliphatic heterocycles. The van der Waals surface area contributed by atoms with Crippen LogP contribution in [0.25, 0.3) is 0 Å². The van der Waals surface area contributed by atoms with Crippen molar-refractivity contribution in [2.24, 2.45) is 0 Å². The van der Waals surface area contributed by atoms with E-state index >= 15 is 0 Å². The van der Waals surface area contributed by atoms with Crippen LogP contribution >= 0.6 is 15.9 Å². The van der Waals surface area contributed by atoms with Crippen molar-refractivity contribution in [1.82, 2.24) is 9.88 Å². The number of hydrogen-bond acceptors (Lipinski definition) is 3. The third-order valence-electron chi connectivity index (χ3n) is 2.48. The van der Waals surface area contributed by atoms with E-state index in [2.05, 4.69) is 44.1 Å². The second kappa shape index (κ2) is 4.28. The molecule has 0 saturated carbocycles. The molecule has 1 aliphatic rings. The summed E-state index contributed by atoms with van der Waals surface area (Å²) in [5.41, 5.74) is 1.10. The van der Waals surface area contributed by atoms with Gasteiger partial charge >= 0.3 is 0 Å². The third kappa shape index (κ3) is 2.25. The van der Waals surface area contributed by atoms with Gasteiger partial charge in [-0.1, -0.05) is 6.92 Å². The third-order valence-corrected chi connectivity index (χ3v) is 2.91. The zero-order chi connectivity index (χ0) is 9.97. The summed E-state index contributed by atoms with van der Waals surface area (Å²) in [7, 11) is 0. The van der Waals surface area contributed by atoms with E-state index in [0.29, 0.717) is 6.04 Å². The minimum absolute atomic E-state index is 0.589. The Labute approximate surface area is 92.6 Å². The molecule has 0 atom stereocenters. The summed E-state index contributed by atoms with van der Waals surface area (Å²) in [6.45, 7) is 5.62. The maximum Gasteiger partial charge on any atom is 0.0541 e. The Morgan fingerprint density at radius 3 is 3.00 bits per heavy atom. The lowest BCUT2D eigenvalue weighted by Gasteiger charge is -2.39. The Morgan fingerprint density at radius 2 is 2.36 bits per heavy atom. The summed E-state index contributed by atoms with van der Waals surface area (Å²) in [6.07, 6.45) is 3.66. The van der Waals surface area contributed by atoms with Crippen LogP contribution in [-0.4, -0.2) is 35.6 Å². The monoisotopic (exact) mass is 255 g/mol. The first-order chi connectivity index (χ1) is 6.78. The van der Waals surface area contributed by atoms with Crippen molar-refractivity contribution in [2.75, 3.05) is 25.0 Å². The van der Waals surface area contributed by atoms with Crippen molar-refractivity contribution in [3.63, 3.8) is 0 Å². The number of nitrogens with one attached hydrogen (secondary N) is 1. The number of halogens is 1. The van der Waals surface area contributed by atoms with E-state index in [1.54, 1.807) is 6.20 Å². The van der Waals surface area contributed by atoms with Gasteiger partial charge in [-0.2, -0.15) is 0 Å². The first kappa shape index (κ1) is 9.93. The first-order valence-electron chi connectivity index (χ1n) is 4.87. The molecule has 76 valence electrons. The molecule has 0 amide bonds. The molecular formula is C10H14BrN3. The van der Waals surface area contributed by atoms with Crippen molar-refractivity contribution in [1.29, 1.82) is 0 Å². The predicted octanol–water partition coefficient (Wildman–Crippen LogP) is 1.96. The van der Waals surface area contributed by atoms with Gasteiger partial charge in [-0.25, -0.2) is 0 Å². The highest BCUT2D eigenvalue weighted by atomic mass is 79.9. The highest BCUT2D eigenvalue weighted by Crippen LogP contribution is 2.17. The minimum atomic E-state index is 0.589. The van der Waals surface area contributed by atoms with Crippen molar-refractivity contribution in [3.8, 4) is 0 Å². The average molecular weight is 256 g/mol. The van der Waals surface area contributed by atoms with Gasteiger partial charge in [-0.15, -0.1) is 0 Å². The molecule has 2 heterocycles. The number of likely N-dealkylation sites (N-methyl/N-ethyl adjacent to an activating group) is 1. The number of hydrogen-bond donors (Lipinski definition) is 1. The quantitative estimate of drug-likeness (QED) is 0.896. The molecule has 1 saturated heterocycles. The Balaban J connectivity index is 1.87. The lowest BCUT2D eigenvalue weighted by molar-refractivity contribution is 0.171.